The van der Waals surface area contributed by atoms with Gasteiger partial charge in [0.15, 0.2) is 0 Å². The topological polar surface area (TPSA) is 29.5 Å². The van der Waals surface area contributed by atoms with Crippen molar-refractivity contribution >= 4 is 15.9 Å². The van der Waals surface area contributed by atoms with E-state index in [1.807, 2.05) is 12.1 Å². The maximum Gasteiger partial charge on any atom is 0.122 e. The first-order valence-electron chi connectivity index (χ1n) is 7.81. The highest BCUT2D eigenvalue weighted by Crippen LogP contribution is 2.46. The summed E-state index contributed by atoms with van der Waals surface area (Å²) in [5.74, 6) is 1.19. The molecule has 0 aliphatic heterocycles. The number of rotatable bonds is 3. The summed E-state index contributed by atoms with van der Waals surface area (Å²) in [5, 5.41) is 11.4. The summed E-state index contributed by atoms with van der Waals surface area (Å²) in [6.07, 6.45) is 4.98. The van der Waals surface area contributed by atoms with Crippen molar-refractivity contribution < 1.29 is 9.84 Å². The summed E-state index contributed by atoms with van der Waals surface area (Å²) in [4.78, 5) is 0. The van der Waals surface area contributed by atoms with Gasteiger partial charge in [0.05, 0.1) is 12.7 Å². The Morgan fingerprint density at radius 3 is 2.67 bits per heavy atom. The van der Waals surface area contributed by atoms with E-state index < -0.39 is 5.60 Å². The molecule has 0 spiro atoms. The summed E-state index contributed by atoms with van der Waals surface area (Å²) in [6.45, 7) is 6.73. The van der Waals surface area contributed by atoms with E-state index in [1.54, 1.807) is 7.11 Å². The first-order chi connectivity index (χ1) is 9.76. The second kappa shape index (κ2) is 6.29. The molecule has 2 atom stereocenters. The zero-order chi connectivity index (χ0) is 15.7. The lowest BCUT2D eigenvalue weighted by Crippen LogP contribution is -2.48. The zero-order valence-electron chi connectivity index (χ0n) is 13.6. The van der Waals surface area contributed by atoms with Crippen LogP contribution in [-0.4, -0.2) is 17.8 Å². The van der Waals surface area contributed by atoms with Crippen molar-refractivity contribution in [1.29, 1.82) is 0 Å². The molecular weight excluding hydrogens is 328 g/mol. The van der Waals surface area contributed by atoms with Gasteiger partial charge in [-0.2, -0.15) is 0 Å². The minimum atomic E-state index is -0.634. The van der Waals surface area contributed by atoms with Crippen LogP contribution in [0.25, 0.3) is 0 Å². The van der Waals surface area contributed by atoms with Crippen LogP contribution in [0.15, 0.2) is 22.7 Å². The van der Waals surface area contributed by atoms with Gasteiger partial charge in [0.25, 0.3) is 0 Å². The number of benzene rings is 1. The molecule has 2 nitrogen and oxygen atoms in total. The molecule has 1 aliphatic rings. The molecule has 0 aromatic heterocycles. The van der Waals surface area contributed by atoms with E-state index in [0.29, 0.717) is 12.3 Å². The Bertz CT molecular complexity index is 492. The van der Waals surface area contributed by atoms with Gasteiger partial charge >= 0.3 is 0 Å². The molecule has 1 aromatic carbocycles. The third-order valence-electron chi connectivity index (χ3n) is 4.79. The largest absolute Gasteiger partial charge is 0.496 e. The summed E-state index contributed by atoms with van der Waals surface area (Å²) in [7, 11) is 1.69. The van der Waals surface area contributed by atoms with Crippen LogP contribution in [-0.2, 0) is 6.42 Å². The first kappa shape index (κ1) is 16.8. The van der Waals surface area contributed by atoms with Crippen molar-refractivity contribution in [3.8, 4) is 5.75 Å². The fourth-order valence-corrected chi connectivity index (χ4v) is 4.30. The molecule has 1 aliphatic carbocycles. The van der Waals surface area contributed by atoms with Gasteiger partial charge in [0, 0.05) is 10.9 Å². The molecule has 1 saturated carbocycles. The standard InChI is InChI=1S/C18H27BrO2/c1-17(2,3)16-7-5-6-10-18(16,20)12-13-11-14(19)8-9-15(13)21-4/h8-9,11,16,20H,5-7,10,12H2,1-4H3. The van der Waals surface area contributed by atoms with Gasteiger partial charge in [0.1, 0.15) is 5.75 Å². The first-order valence-corrected chi connectivity index (χ1v) is 8.60. The molecule has 0 bridgehead atoms. The second-order valence-corrected chi connectivity index (χ2v) is 8.32. The van der Waals surface area contributed by atoms with Gasteiger partial charge in [-0.15, -0.1) is 0 Å². The quantitative estimate of drug-likeness (QED) is 0.830. The number of methoxy groups -OCH3 is 1. The molecule has 2 rings (SSSR count). The van der Waals surface area contributed by atoms with Crippen LogP contribution in [0.3, 0.4) is 0 Å². The minimum absolute atomic E-state index is 0.119. The van der Waals surface area contributed by atoms with E-state index in [-0.39, 0.29) is 5.41 Å². The van der Waals surface area contributed by atoms with Crippen LogP contribution in [0.1, 0.15) is 52.0 Å². The van der Waals surface area contributed by atoms with Crippen molar-refractivity contribution in [2.75, 3.05) is 7.11 Å². The van der Waals surface area contributed by atoms with Gasteiger partial charge in [-0.3, -0.25) is 0 Å². The predicted octanol–water partition coefficient (Wildman–Crippen LogP) is 4.97. The van der Waals surface area contributed by atoms with E-state index in [2.05, 4.69) is 42.8 Å². The third kappa shape index (κ3) is 3.81. The summed E-state index contributed by atoms with van der Waals surface area (Å²) in [5.41, 5.74) is 0.574. The molecule has 1 aromatic rings. The Hall–Kier alpha value is -0.540. The molecule has 3 heteroatoms. The van der Waals surface area contributed by atoms with Gasteiger partial charge < -0.3 is 9.84 Å². The van der Waals surface area contributed by atoms with E-state index in [1.165, 1.54) is 6.42 Å². The second-order valence-electron chi connectivity index (χ2n) is 7.40. The molecular formula is C18H27BrO2. The zero-order valence-corrected chi connectivity index (χ0v) is 15.2. The SMILES string of the molecule is COc1ccc(Br)cc1CC1(O)CCCCC1C(C)(C)C. The molecule has 0 radical (unpaired) electrons. The fraction of sp³-hybridized carbons (Fsp3) is 0.667. The van der Waals surface area contributed by atoms with Crippen molar-refractivity contribution in [2.45, 2.75) is 58.5 Å². The Kier molecular flexibility index (Phi) is 5.04. The van der Waals surface area contributed by atoms with Crippen LogP contribution in [0.2, 0.25) is 0 Å². The fourth-order valence-electron chi connectivity index (χ4n) is 3.89. The molecule has 0 heterocycles. The smallest absolute Gasteiger partial charge is 0.122 e. The van der Waals surface area contributed by atoms with Crippen LogP contribution in [0, 0.1) is 11.3 Å². The number of aliphatic hydroxyl groups is 1. The average Bonchev–Trinajstić information content (AvgIpc) is 2.37. The molecule has 2 unspecified atom stereocenters. The number of ether oxygens (including phenoxy) is 1. The number of hydrogen-bond acceptors (Lipinski definition) is 2. The van der Waals surface area contributed by atoms with Gasteiger partial charge in [0.2, 0.25) is 0 Å². The summed E-state index contributed by atoms with van der Waals surface area (Å²) < 4.78 is 6.51. The molecule has 0 amide bonds. The summed E-state index contributed by atoms with van der Waals surface area (Å²) in [6, 6.07) is 6.03. The number of hydrogen-bond donors (Lipinski definition) is 1. The highest BCUT2D eigenvalue weighted by Gasteiger charge is 2.45. The normalized spacial score (nSPS) is 26.7. The van der Waals surface area contributed by atoms with Crippen LogP contribution in [0.4, 0.5) is 0 Å². The Morgan fingerprint density at radius 2 is 2.05 bits per heavy atom. The average molecular weight is 355 g/mol. The van der Waals surface area contributed by atoms with Crippen molar-refractivity contribution in [1.82, 2.24) is 0 Å². The Labute approximate surface area is 137 Å². The van der Waals surface area contributed by atoms with Gasteiger partial charge in [-0.25, -0.2) is 0 Å². The Balaban J connectivity index is 2.32. The van der Waals surface area contributed by atoms with Crippen LogP contribution < -0.4 is 4.74 Å². The van der Waals surface area contributed by atoms with Gasteiger partial charge in [-0.1, -0.05) is 49.5 Å². The van der Waals surface area contributed by atoms with E-state index >= 15 is 0 Å². The lowest BCUT2D eigenvalue weighted by atomic mass is 9.62. The Morgan fingerprint density at radius 1 is 1.33 bits per heavy atom. The summed E-state index contributed by atoms with van der Waals surface area (Å²) >= 11 is 3.53. The van der Waals surface area contributed by atoms with Crippen LogP contribution >= 0.6 is 15.9 Å². The van der Waals surface area contributed by atoms with E-state index in [4.69, 9.17) is 4.74 Å². The van der Waals surface area contributed by atoms with Crippen molar-refractivity contribution in [2.24, 2.45) is 11.3 Å². The molecule has 21 heavy (non-hydrogen) atoms. The van der Waals surface area contributed by atoms with Crippen LogP contribution in [0.5, 0.6) is 5.75 Å². The highest BCUT2D eigenvalue weighted by atomic mass is 79.9. The lowest BCUT2D eigenvalue weighted by molar-refractivity contribution is -0.0891. The highest BCUT2D eigenvalue weighted by molar-refractivity contribution is 9.10. The number of halogens is 1. The molecule has 0 saturated heterocycles. The van der Waals surface area contributed by atoms with E-state index in [0.717, 1.165) is 35.0 Å². The predicted molar refractivity (Wildman–Crippen MR) is 90.8 cm³/mol. The van der Waals surface area contributed by atoms with Gasteiger partial charge in [-0.05, 0) is 47.9 Å². The van der Waals surface area contributed by atoms with Crippen molar-refractivity contribution in [3.63, 3.8) is 0 Å². The maximum absolute atomic E-state index is 11.4. The molecule has 118 valence electrons. The maximum atomic E-state index is 11.4. The van der Waals surface area contributed by atoms with E-state index in [9.17, 15) is 5.11 Å². The minimum Gasteiger partial charge on any atom is -0.496 e. The monoisotopic (exact) mass is 354 g/mol. The molecule has 1 fully saturated rings. The van der Waals surface area contributed by atoms with Crippen molar-refractivity contribution in [3.05, 3.63) is 28.2 Å². The lowest BCUT2D eigenvalue weighted by Gasteiger charge is -2.47. The third-order valence-corrected chi connectivity index (χ3v) is 5.28. The molecule has 1 N–H and O–H groups in total.